The maximum Gasteiger partial charge on any atom is 0.490 e. The standard InChI is InChI=1S/C26H34N6O5S2.C24H32N6O4S2.C2HF3O2/c1-17-21(15-30-5-7-31(8-6-30)18(2)33)23-24(38-17)22(28-26(29-23)32-9-11-37-12-10-32)19-13-20(16-39(4,34)35)25(36-3)27-14-19;1-16-19(14-29-6-4-25-5-7-29)21-22(35-16)20(27-24(28-21)30-8-10-34-11-9-30)17-12-18(15-36(3,31)32)23(33-2)26-13-17;3-2(4,5)1(6)7/h13-14H,5-12,15-16H2,1-4H3;12-13,25H,4-11,14-15H2,1-3H3;(H,6,7). The van der Waals surface area contributed by atoms with Gasteiger partial charge in [-0.05, 0) is 26.0 Å². The van der Waals surface area contributed by atoms with Gasteiger partial charge in [-0.2, -0.15) is 13.2 Å². The Balaban J connectivity index is 0.000000193. The number of amides is 1. The van der Waals surface area contributed by atoms with Crippen LogP contribution in [0, 0.1) is 13.8 Å². The van der Waals surface area contributed by atoms with E-state index in [1.54, 1.807) is 42.0 Å². The number of carboxylic acids is 1. The van der Waals surface area contributed by atoms with Crippen LogP contribution >= 0.6 is 22.7 Å². The van der Waals surface area contributed by atoms with Crippen LogP contribution < -0.4 is 24.6 Å². The van der Waals surface area contributed by atoms with Crippen molar-refractivity contribution in [1.29, 1.82) is 0 Å². The molecule has 0 bridgehead atoms. The maximum atomic E-state index is 12.1. The van der Waals surface area contributed by atoms with Crippen LogP contribution in [0.25, 0.3) is 42.9 Å². The number of fused-ring (bicyclic) bond motifs is 2. The second-order valence-electron chi connectivity index (χ2n) is 20.1. The Morgan fingerprint density at radius 2 is 1.05 bits per heavy atom. The summed E-state index contributed by atoms with van der Waals surface area (Å²) in [6.07, 6.45) is 0.721. The average Bonchev–Trinajstić information content (AvgIpc) is 4.14. The Kier molecular flexibility index (Phi) is 20.2. The van der Waals surface area contributed by atoms with Gasteiger partial charge >= 0.3 is 12.1 Å². The first kappa shape index (κ1) is 62.1. The number of aryl methyl sites for hydroxylation is 2. The number of thiophene rings is 2. The molecule has 6 aromatic heterocycles. The van der Waals surface area contributed by atoms with E-state index in [4.69, 9.17) is 48.8 Å². The molecule has 23 nitrogen and oxygen atoms in total. The normalized spacial score (nSPS) is 16.8. The number of alkyl halides is 3. The Morgan fingerprint density at radius 3 is 1.40 bits per heavy atom. The molecule has 1 amide bonds. The molecule has 0 aliphatic carbocycles. The van der Waals surface area contributed by atoms with Crippen molar-refractivity contribution in [3.05, 3.63) is 56.5 Å². The lowest BCUT2D eigenvalue weighted by atomic mass is 10.1. The van der Waals surface area contributed by atoms with Crippen LogP contribution in [-0.2, 0) is 63.3 Å². The van der Waals surface area contributed by atoms with Crippen LogP contribution in [0.1, 0.15) is 38.9 Å². The molecule has 4 saturated heterocycles. The average molecular weight is 1220 g/mol. The smallest absolute Gasteiger partial charge is 0.481 e. The summed E-state index contributed by atoms with van der Waals surface area (Å²) in [7, 11) is -3.60. The van der Waals surface area contributed by atoms with Crippen molar-refractivity contribution >= 4 is 86.6 Å². The summed E-state index contributed by atoms with van der Waals surface area (Å²) in [6, 6.07) is 3.65. The summed E-state index contributed by atoms with van der Waals surface area (Å²) in [5, 5.41) is 10.5. The van der Waals surface area contributed by atoms with Crippen molar-refractivity contribution in [3.8, 4) is 34.3 Å². The highest BCUT2D eigenvalue weighted by Gasteiger charge is 2.38. The van der Waals surface area contributed by atoms with E-state index in [1.807, 2.05) is 17.0 Å². The van der Waals surface area contributed by atoms with Crippen molar-refractivity contribution in [2.45, 2.75) is 51.5 Å². The molecule has 4 fully saturated rings. The molecule has 0 unspecified atom stereocenters. The lowest BCUT2D eigenvalue weighted by molar-refractivity contribution is -0.192. The third-order valence-electron chi connectivity index (χ3n) is 13.9. The first-order chi connectivity index (χ1) is 38.9. The Bertz CT molecular complexity index is 3490. The highest BCUT2D eigenvalue weighted by atomic mass is 32.2. The van der Waals surface area contributed by atoms with E-state index in [-0.39, 0.29) is 23.3 Å². The van der Waals surface area contributed by atoms with Crippen LogP contribution in [0.5, 0.6) is 11.8 Å². The minimum atomic E-state index is -5.08. The topological polar surface area (TPSA) is 265 Å². The molecule has 82 heavy (non-hydrogen) atoms. The van der Waals surface area contributed by atoms with E-state index in [0.29, 0.717) is 68.4 Å². The molecule has 6 aromatic rings. The second-order valence-corrected chi connectivity index (χ2v) is 26.8. The van der Waals surface area contributed by atoms with Gasteiger partial charge in [0.2, 0.25) is 29.6 Å². The van der Waals surface area contributed by atoms with Gasteiger partial charge in [-0.25, -0.2) is 51.5 Å². The number of aliphatic carboxylic acids is 1. The van der Waals surface area contributed by atoms with E-state index < -0.39 is 31.8 Å². The molecule has 30 heteroatoms. The van der Waals surface area contributed by atoms with Crippen molar-refractivity contribution in [1.82, 2.24) is 49.9 Å². The van der Waals surface area contributed by atoms with Crippen molar-refractivity contribution in [2.75, 3.05) is 141 Å². The third-order valence-corrected chi connectivity index (χ3v) is 17.8. The van der Waals surface area contributed by atoms with Crippen molar-refractivity contribution < 1.29 is 63.6 Å². The van der Waals surface area contributed by atoms with E-state index in [2.05, 4.69) is 48.7 Å². The highest BCUT2D eigenvalue weighted by Crippen LogP contribution is 2.41. The lowest BCUT2D eigenvalue weighted by Gasteiger charge is -2.34. The number of halogens is 3. The number of anilines is 2. The Morgan fingerprint density at radius 1 is 0.659 bits per heavy atom. The quantitative estimate of drug-likeness (QED) is 0.151. The fourth-order valence-electron chi connectivity index (χ4n) is 9.75. The molecule has 0 aromatic carbocycles. The number of carboxylic acid groups (broad SMARTS) is 1. The molecular formula is C52H67F3N12O11S4. The number of sulfone groups is 2. The molecule has 4 aliphatic heterocycles. The summed E-state index contributed by atoms with van der Waals surface area (Å²) in [5.74, 6) is -1.08. The van der Waals surface area contributed by atoms with Gasteiger partial charge < -0.3 is 44.1 Å². The molecular weight excluding hydrogens is 1150 g/mol. The van der Waals surface area contributed by atoms with E-state index in [0.717, 1.165) is 132 Å². The number of rotatable bonds is 14. The van der Waals surface area contributed by atoms with Crippen molar-refractivity contribution in [3.63, 3.8) is 0 Å². The largest absolute Gasteiger partial charge is 0.490 e. The summed E-state index contributed by atoms with van der Waals surface area (Å²) >= 11 is 3.33. The molecule has 2 N–H and O–H groups in total. The molecule has 0 radical (unpaired) electrons. The van der Waals surface area contributed by atoms with Crippen LogP contribution in [0.2, 0.25) is 0 Å². The molecule has 4 aliphatic rings. The Hall–Kier alpha value is -5.99. The van der Waals surface area contributed by atoms with Gasteiger partial charge in [0, 0.05) is 167 Å². The number of carbonyl (C=O) groups excluding carboxylic acids is 1. The zero-order chi connectivity index (χ0) is 59.1. The molecule has 0 saturated carbocycles. The zero-order valence-corrected chi connectivity index (χ0v) is 49.9. The number of methoxy groups -OCH3 is 2. The first-order valence-electron chi connectivity index (χ1n) is 26.3. The third kappa shape index (κ3) is 15.8. The van der Waals surface area contributed by atoms with Gasteiger partial charge in [0.1, 0.15) is 0 Å². The van der Waals surface area contributed by atoms with E-state index in [1.165, 1.54) is 37.2 Å². The van der Waals surface area contributed by atoms with Gasteiger partial charge in [0.05, 0.1) is 84.0 Å². The second kappa shape index (κ2) is 26.7. The number of piperazine rings is 2. The van der Waals surface area contributed by atoms with Crippen LogP contribution in [-0.4, -0.2) is 216 Å². The predicted octanol–water partition coefficient (Wildman–Crippen LogP) is 4.61. The fraction of sp³-hybridized carbons (Fsp3) is 0.538. The number of nitrogens with zero attached hydrogens (tertiary/aromatic N) is 11. The summed E-state index contributed by atoms with van der Waals surface area (Å²) in [6.45, 7) is 19.8. The summed E-state index contributed by atoms with van der Waals surface area (Å²) in [4.78, 5) is 63.1. The number of pyridine rings is 2. The zero-order valence-electron chi connectivity index (χ0n) is 46.7. The van der Waals surface area contributed by atoms with Gasteiger partial charge in [-0.1, -0.05) is 0 Å². The lowest BCUT2D eigenvalue weighted by Crippen LogP contribution is -2.47. The molecule has 0 atom stereocenters. The number of morpholine rings is 2. The predicted molar refractivity (Wildman–Crippen MR) is 306 cm³/mol. The van der Waals surface area contributed by atoms with Gasteiger partial charge in [0.25, 0.3) is 0 Å². The summed E-state index contributed by atoms with van der Waals surface area (Å²) < 4.78 is 104. The fourth-order valence-corrected chi connectivity index (χ4v) is 13.5. The van der Waals surface area contributed by atoms with E-state index in [9.17, 15) is 34.8 Å². The number of hydrogen-bond acceptors (Lipinski definition) is 23. The number of aromatic nitrogens is 6. The highest BCUT2D eigenvalue weighted by molar-refractivity contribution is 7.90. The molecule has 10 heterocycles. The van der Waals surface area contributed by atoms with E-state index >= 15 is 0 Å². The minimum Gasteiger partial charge on any atom is -0.481 e. The Labute approximate surface area is 481 Å². The number of hydrogen-bond donors (Lipinski definition) is 2. The van der Waals surface area contributed by atoms with Crippen LogP contribution in [0.3, 0.4) is 0 Å². The molecule has 10 rings (SSSR count). The van der Waals surface area contributed by atoms with Gasteiger partial charge in [-0.15, -0.1) is 22.7 Å². The maximum absolute atomic E-state index is 12.1. The minimum absolute atomic E-state index is 0.114. The van der Waals surface area contributed by atoms with Crippen LogP contribution in [0.4, 0.5) is 25.1 Å². The number of carbonyl (C=O) groups is 2. The molecule has 0 spiro atoms. The number of nitrogens with one attached hydrogen (secondary N) is 1. The summed E-state index contributed by atoms with van der Waals surface area (Å²) in [5.41, 5.74) is 8.24. The van der Waals surface area contributed by atoms with Gasteiger partial charge in [0.15, 0.2) is 19.7 Å². The number of ether oxygens (including phenoxy) is 4. The van der Waals surface area contributed by atoms with Gasteiger partial charge in [-0.3, -0.25) is 14.6 Å². The first-order valence-corrected chi connectivity index (χ1v) is 32.0. The monoisotopic (exact) mass is 1220 g/mol. The van der Waals surface area contributed by atoms with Crippen LogP contribution in [0.15, 0.2) is 24.5 Å². The SMILES string of the molecule is COc1ncc(-c2nc(N3CCOCC3)nc3c(CN4CCN(C(C)=O)CC4)c(C)sc23)cc1CS(C)(=O)=O.COc1ncc(-c2nc(N3CCOCC3)nc3c(CN4CCNCC4)c(C)sc23)cc1CS(C)(=O)=O.O=C(O)C(F)(F)F. The molecule has 446 valence electrons. The van der Waals surface area contributed by atoms with Crippen molar-refractivity contribution in [2.24, 2.45) is 0 Å².